The number of alkyl halides is 2. The van der Waals surface area contributed by atoms with Crippen molar-refractivity contribution in [2.45, 2.75) is 18.4 Å². The van der Waals surface area contributed by atoms with Gasteiger partial charge in [-0.25, -0.2) is 18.4 Å². The number of nitrogens with zero attached hydrogens (tertiary/aromatic N) is 9. The first-order chi connectivity index (χ1) is 22.8. The summed E-state index contributed by atoms with van der Waals surface area (Å²) in [5.74, 6) is -7.35. The third-order valence-electron chi connectivity index (χ3n) is 8.26. The van der Waals surface area contributed by atoms with E-state index in [9.17, 15) is 14.0 Å². The number of pyridine rings is 1. The number of halogens is 4. The highest BCUT2D eigenvalue weighted by molar-refractivity contribution is 7.22. The second-order valence-corrected chi connectivity index (χ2v) is 12.1. The van der Waals surface area contributed by atoms with E-state index in [4.69, 9.17) is 4.98 Å². The van der Waals surface area contributed by atoms with Crippen LogP contribution in [0.4, 0.5) is 28.4 Å². The van der Waals surface area contributed by atoms with E-state index < -0.39 is 35.7 Å². The molecule has 6 aromatic rings. The summed E-state index contributed by atoms with van der Waals surface area (Å²) in [5.41, 5.74) is 2.98. The van der Waals surface area contributed by atoms with E-state index >= 15 is 8.78 Å². The fourth-order valence-corrected chi connectivity index (χ4v) is 6.72. The van der Waals surface area contributed by atoms with Gasteiger partial charge in [-0.15, -0.1) is 5.10 Å². The number of piperazine rings is 1. The van der Waals surface area contributed by atoms with Crippen LogP contribution in [0.25, 0.3) is 21.3 Å². The van der Waals surface area contributed by atoms with E-state index in [1.54, 1.807) is 23.5 Å². The van der Waals surface area contributed by atoms with Gasteiger partial charge in [-0.3, -0.25) is 4.98 Å². The van der Waals surface area contributed by atoms with Crippen molar-refractivity contribution in [3.63, 3.8) is 0 Å². The van der Waals surface area contributed by atoms with Gasteiger partial charge in [-0.2, -0.15) is 14.0 Å². The zero-order valence-electron chi connectivity index (χ0n) is 24.6. The molecule has 1 aliphatic heterocycles. The van der Waals surface area contributed by atoms with E-state index in [0.717, 1.165) is 75.9 Å². The van der Waals surface area contributed by atoms with Crippen molar-refractivity contribution < 1.29 is 17.6 Å². The lowest BCUT2D eigenvalue weighted by atomic mass is 9.89. The molecule has 0 spiro atoms. The van der Waals surface area contributed by atoms with Crippen molar-refractivity contribution >= 4 is 32.4 Å². The summed E-state index contributed by atoms with van der Waals surface area (Å²) in [6.45, 7) is 2.73. The highest BCUT2D eigenvalue weighted by atomic mass is 32.1. The number of rotatable bonds is 8. The number of tetrazole rings is 1. The average Bonchev–Trinajstić information content (AvgIpc) is 3.78. The Hall–Kier alpha value is -5.42. The van der Waals surface area contributed by atoms with Crippen molar-refractivity contribution in [2.75, 3.05) is 36.0 Å². The molecule has 0 N–H and O–H groups in total. The van der Waals surface area contributed by atoms with E-state index in [1.165, 1.54) is 12.3 Å². The second-order valence-electron chi connectivity index (χ2n) is 11.1. The van der Waals surface area contributed by atoms with Crippen LogP contribution in [0.2, 0.25) is 0 Å². The first-order valence-electron chi connectivity index (χ1n) is 14.7. The highest BCUT2D eigenvalue weighted by Gasteiger charge is 2.45. The molecule has 0 saturated carbocycles. The van der Waals surface area contributed by atoms with Gasteiger partial charge in [0.2, 0.25) is 0 Å². The molecule has 0 bridgehead atoms. The molecule has 0 radical (unpaired) electrons. The summed E-state index contributed by atoms with van der Waals surface area (Å²) >= 11 is 1.62. The largest absolute Gasteiger partial charge is 0.368 e. The third kappa shape index (κ3) is 6.09. The van der Waals surface area contributed by atoms with Crippen LogP contribution >= 0.6 is 11.3 Å². The summed E-state index contributed by atoms with van der Waals surface area (Å²) in [4.78, 5) is 13.4. The maximum atomic E-state index is 16.0. The Labute approximate surface area is 270 Å². The lowest BCUT2D eigenvalue weighted by molar-refractivity contribution is -0.0455. The lowest BCUT2D eigenvalue weighted by Gasteiger charge is -2.36. The SMILES string of the molecule is N#Cc1ccc2sc(N3CCN(c4ccc(-c5ccc(C(F)(F)[C@H](Cn6cnnn6)c6ccc(F)cc6F)nc5)cc4)CC3)nc2c1. The van der Waals surface area contributed by atoms with Gasteiger partial charge in [0.05, 0.1) is 34.3 Å². The fourth-order valence-electron chi connectivity index (χ4n) is 5.72. The van der Waals surface area contributed by atoms with Gasteiger partial charge in [0.15, 0.2) is 5.13 Å². The Kier molecular flexibility index (Phi) is 7.98. The molecule has 1 saturated heterocycles. The summed E-state index contributed by atoms with van der Waals surface area (Å²) in [6.07, 6.45) is 2.52. The highest BCUT2D eigenvalue weighted by Crippen LogP contribution is 2.43. The maximum Gasteiger partial charge on any atom is 0.298 e. The van der Waals surface area contributed by atoms with E-state index in [1.807, 2.05) is 36.4 Å². The molecule has 0 aliphatic carbocycles. The molecule has 3 aromatic carbocycles. The number of nitriles is 1. The van der Waals surface area contributed by atoms with Crippen LogP contribution in [-0.4, -0.2) is 56.4 Å². The maximum absolute atomic E-state index is 16.0. The van der Waals surface area contributed by atoms with Crippen molar-refractivity contribution in [2.24, 2.45) is 0 Å². The Morgan fingerprint density at radius 2 is 1.66 bits per heavy atom. The van der Waals surface area contributed by atoms with Crippen LogP contribution in [0, 0.1) is 23.0 Å². The molecule has 0 amide bonds. The zero-order valence-corrected chi connectivity index (χ0v) is 25.5. The molecule has 9 nitrogen and oxygen atoms in total. The van der Waals surface area contributed by atoms with Crippen LogP contribution in [0.5, 0.6) is 0 Å². The van der Waals surface area contributed by atoms with Crippen molar-refractivity contribution in [1.82, 2.24) is 30.2 Å². The van der Waals surface area contributed by atoms with E-state index in [-0.39, 0.29) is 5.56 Å². The number of aromatic nitrogens is 6. The molecule has 236 valence electrons. The molecule has 1 atom stereocenters. The topological polar surface area (TPSA) is 99.7 Å². The van der Waals surface area contributed by atoms with Crippen LogP contribution < -0.4 is 9.80 Å². The van der Waals surface area contributed by atoms with Gasteiger partial charge in [0, 0.05) is 49.7 Å². The molecule has 4 heterocycles. The first kappa shape index (κ1) is 30.2. The molecule has 0 unspecified atom stereocenters. The molecule has 1 aliphatic rings. The molecule has 14 heteroatoms. The number of benzene rings is 3. The molecular weight excluding hydrogens is 630 g/mol. The first-order valence-corrected chi connectivity index (χ1v) is 15.5. The van der Waals surface area contributed by atoms with Gasteiger partial charge in [0.25, 0.3) is 5.92 Å². The van der Waals surface area contributed by atoms with Gasteiger partial charge in [0.1, 0.15) is 23.7 Å². The number of thiazole rings is 1. The van der Waals surface area contributed by atoms with Crippen LogP contribution in [0.1, 0.15) is 22.7 Å². The van der Waals surface area contributed by atoms with Crippen molar-refractivity contribution in [1.29, 1.82) is 5.26 Å². The van der Waals surface area contributed by atoms with Gasteiger partial charge in [-0.05, 0) is 64.0 Å². The predicted octanol–water partition coefficient (Wildman–Crippen LogP) is 6.40. The number of hydrogen-bond donors (Lipinski definition) is 0. The third-order valence-corrected chi connectivity index (χ3v) is 9.36. The van der Waals surface area contributed by atoms with Gasteiger partial charge < -0.3 is 9.80 Å². The number of fused-ring (bicyclic) bond motifs is 1. The van der Waals surface area contributed by atoms with Crippen LogP contribution in [0.15, 0.2) is 85.3 Å². The monoisotopic (exact) mass is 655 g/mol. The van der Waals surface area contributed by atoms with Gasteiger partial charge >= 0.3 is 0 Å². The molecular formula is C33H25F4N9S. The summed E-state index contributed by atoms with van der Waals surface area (Å²) < 4.78 is 62.4. The minimum absolute atomic E-state index is 0.372. The Morgan fingerprint density at radius 3 is 2.34 bits per heavy atom. The Bertz CT molecular complexity index is 2050. The molecule has 7 rings (SSSR count). The van der Waals surface area contributed by atoms with E-state index in [2.05, 4.69) is 36.4 Å². The van der Waals surface area contributed by atoms with E-state index in [0.29, 0.717) is 17.2 Å². The quantitative estimate of drug-likeness (QED) is 0.174. The van der Waals surface area contributed by atoms with Crippen molar-refractivity contribution in [3.05, 3.63) is 114 Å². The second kappa shape index (κ2) is 12.4. The molecule has 47 heavy (non-hydrogen) atoms. The standard InChI is InChI=1S/C33H25F4N9S/c34-24-5-8-26(28(35)16-24)27(19-46-20-40-42-43-46)33(36,37)31-10-4-23(18-39-31)22-2-6-25(7-3-22)44-11-13-45(14-12-44)32-41-29-15-21(17-38)1-9-30(29)47-32/h1-10,15-16,18,20,27H,11-14,19H2/t27-/m1/s1. The lowest BCUT2D eigenvalue weighted by Crippen LogP contribution is -2.46. The normalized spacial score (nSPS) is 14.4. The zero-order chi connectivity index (χ0) is 32.5. The Morgan fingerprint density at radius 1 is 0.894 bits per heavy atom. The van der Waals surface area contributed by atoms with Crippen molar-refractivity contribution in [3.8, 4) is 17.2 Å². The predicted molar refractivity (Wildman–Crippen MR) is 169 cm³/mol. The number of anilines is 2. The summed E-state index contributed by atoms with van der Waals surface area (Å²) in [7, 11) is 0. The smallest absolute Gasteiger partial charge is 0.298 e. The fraction of sp³-hybridized carbons (Fsp3) is 0.212. The Balaban J connectivity index is 1.04. The average molecular weight is 656 g/mol. The van der Waals surface area contributed by atoms with Crippen LogP contribution in [0.3, 0.4) is 0 Å². The van der Waals surface area contributed by atoms with Crippen LogP contribution in [-0.2, 0) is 12.5 Å². The minimum Gasteiger partial charge on any atom is -0.368 e. The summed E-state index contributed by atoms with van der Waals surface area (Å²) in [5, 5.41) is 20.7. The van der Waals surface area contributed by atoms with Gasteiger partial charge in [-0.1, -0.05) is 35.6 Å². The molecule has 1 fully saturated rings. The minimum atomic E-state index is -3.64. The summed E-state index contributed by atoms with van der Waals surface area (Å²) in [6, 6.07) is 20.8. The molecule has 3 aromatic heterocycles. The number of hydrogen-bond acceptors (Lipinski definition) is 9.